The number of hydrogen-bond donors (Lipinski definition) is 6. The van der Waals surface area contributed by atoms with Crippen LogP contribution >= 0.6 is 0 Å². The van der Waals surface area contributed by atoms with Crippen LogP contribution in [0, 0.1) is 11.3 Å². The summed E-state index contributed by atoms with van der Waals surface area (Å²) in [5.41, 5.74) is 1.73. The number of aliphatic hydroxyl groups is 5. The molecule has 1 fully saturated rings. The molecule has 0 spiro atoms. The molecule has 28 heavy (non-hydrogen) atoms. The molecule has 1 aliphatic rings. The maximum absolute atomic E-state index is 10.9. The molecule has 0 saturated carbocycles. The number of benzene rings is 2. The molecule has 1 aliphatic heterocycles. The lowest BCUT2D eigenvalue weighted by Gasteiger charge is -2.45. The van der Waals surface area contributed by atoms with Crippen LogP contribution in [0.3, 0.4) is 0 Å². The Morgan fingerprint density at radius 1 is 1.04 bits per heavy atom. The van der Waals surface area contributed by atoms with Gasteiger partial charge in [0.25, 0.3) is 0 Å². The largest absolute Gasteiger partial charge is 0.508 e. The fourth-order valence-electron chi connectivity index (χ4n) is 3.30. The van der Waals surface area contributed by atoms with E-state index in [1.165, 1.54) is 30.3 Å². The normalized spacial score (nSPS) is 30.0. The molecule has 0 radical (unpaired) electrons. The SMILES string of the molecule is N#Cc1ccc([C@]2(O)O[C@H](CO)[C@@H](O)[C@H](O)[C@H]2O)cc1Cc1ccc(O)cc1. The van der Waals surface area contributed by atoms with Gasteiger partial charge in [0, 0.05) is 5.56 Å². The Balaban J connectivity index is 2.00. The van der Waals surface area contributed by atoms with E-state index >= 15 is 0 Å². The van der Waals surface area contributed by atoms with Crippen LogP contribution in [0.4, 0.5) is 0 Å². The van der Waals surface area contributed by atoms with Crippen molar-refractivity contribution in [2.24, 2.45) is 0 Å². The van der Waals surface area contributed by atoms with Crippen LogP contribution < -0.4 is 0 Å². The molecule has 0 unspecified atom stereocenters. The average Bonchev–Trinajstić information content (AvgIpc) is 2.71. The average molecular weight is 387 g/mol. The summed E-state index contributed by atoms with van der Waals surface area (Å²) in [6.45, 7) is -0.677. The van der Waals surface area contributed by atoms with E-state index in [4.69, 9.17) is 4.74 Å². The van der Waals surface area contributed by atoms with Gasteiger partial charge in [-0.25, -0.2) is 0 Å². The van der Waals surface area contributed by atoms with Gasteiger partial charge in [0.2, 0.25) is 5.79 Å². The van der Waals surface area contributed by atoms with Crippen LogP contribution in [0.25, 0.3) is 0 Å². The van der Waals surface area contributed by atoms with Gasteiger partial charge in [0.05, 0.1) is 18.2 Å². The summed E-state index contributed by atoms with van der Waals surface area (Å²) in [5.74, 6) is -2.28. The predicted molar refractivity (Wildman–Crippen MR) is 95.9 cm³/mol. The van der Waals surface area contributed by atoms with Gasteiger partial charge in [-0.2, -0.15) is 5.26 Å². The van der Waals surface area contributed by atoms with Crippen molar-refractivity contribution in [2.75, 3.05) is 6.61 Å². The van der Waals surface area contributed by atoms with Gasteiger partial charge in [0.15, 0.2) is 0 Å². The Hall–Kier alpha value is -2.51. The van der Waals surface area contributed by atoms with E-state index < -0.39 is 36.8 Å². The highest BCUT2D eigenvalue weighted by Crippen LogP contribution is 2.37. The first-order valence-electron chi connectivity index (χ1n) is 8.66. The first kappa shape index (κ1) is 20.2. The van der Waals surface area contributed by atoms with Crippen molar-refractivity contribution < 1.29 is 35.4 Å². The van der Waals surface area contributed by atoms with E-state index in [0.717, 1.165) is 5.56 Å². The Labute approximate surface area is 161 Å². The summed E-state index contributed by atoms with van der Waals surface area (Å²) in [7, 11) is 0. The highest BCUT2D eigenvalue weighted by atomic mass is 16.7. The van der Waals surface area contributed by atoms with Gasteiger partial charge < -0.3 is 35.4 Å². The molecular formula is C20H21NO7. The first-order chi connectivity index (χ1) is 13.3. The van der Waals surface area contributed by atoms with Crippen LogP contribution in [0.15, 0.2) is 42.5 Å². The van der Waals surface area contributed by atoms with E-state index in [2.05, 4.69) is 6.07 Å². The number of nitrogens with zero attached hydrogens (tertiary/aromatic N) is 1. The second-order valence-electron chi connectivity index (χ2n) is 6.79. The zero-order chi connectivity index (χ0) is 20.5. The quantitative estimate of drug-likeness (QED) is 0.409. The monoisotopic (exact) mass is 387 g/mol. The Morgan fingerprint density at radius 3 is 2.32 bits per heavy atom. The molecule has 148 valence electrons. The number of aliphatic hydroxyl groups excluding tert-OH is 4. The minimum atomic E-state index is -2.39. The fraction of sp³-hybridized carbons (Fsp3) is 0.350. The zero-order valence-corrected chi connectivity index (χ0v) is 14.8. The molecule has 0 amide bonds. The number of phenols is 1. The second kappa shape index (κ2) is 7.85. The molecule has 1 saturated heterocycles. The van der Waals surface area contributed by atoms with Crippen molar-refractivity contribution in [3.05, 3.63) is 64.7 Å². The molecule has 0 bridgehead atoms. The highest BCUT2D eigenvalue weighted by Gasteiger charge is 2.53. The Bertz CT molecular complexity index is 877. The molecule has 0 aromatic heterocycles. The van der Waals surface area contributed by atoms with Gasteiger partial charge in [-0.15, -0.1) is 0 Å². The number of aromatic hydroxyl groups is 1. The number of hydrogen-bond acceptors (Lipinski definition) is 8. The Kier molecular flexibility index (Phi) is 5.67. The maximum Gasteiger partial charge on any atom is 0.222 e. The molecule has 5 atom stereocenters. The van der Waals surface area contributed by atoms with E-state index in [9.17, 15) is 35.9 Å². The molecule has 8 nitrogen and oxygen atoms in total. The minimum absolute atomic E-state index is 0.0668. The number of phenolic OH excluding ortho intramolecular Hbond substituents is 1. The summed E-state index contributed by atoms with van der Waals surface area (Å²) in [4.78, 5) is 0. The lowest BCUT2D eigenvalue weighted by molar-refractivity contribution is -0.357. The summed E-state index contributed by atoms with van der Waals surface area (Å²) >= 11 is 0. The molecule has 6 N–H and O–H groups in total. The van der Waals surface area contributed by atoms with Crippen molar-refractivity contribution in [2.45, 2.75) is 36.6 Å². The van der Waals surface area contributed by atoms with Crippen molar-refractivity contribution in [1.82, 2.24) is 0 Å². The lowest BCUT2D eigenvalue weighted by Crippen LogP contribution is -2.63. The topological polar surface area (TPSA) is 154 Å². The van der Waals surface area contributed by atoms with Gasteiger partial charge in [-0.05, 0) is 41.8 Å². The lowest BCUT2D eigenvalue weighted by atomic mass is 9.86. The van der Waals surface area contributed by atoms with Crippen molar-refractivity contribution in [3.63, 3.8) is 0 Å². The molecule has 8 heteroatoms. The van der Waals surface area contributed by atoms with Gasteiger partial charge in [-0.1, -0.05) is 18.2 Å². The van der Waals surface area contributed by atoms with E-state index in [-0.39, 0.29) is 11.3 Å². The minimum Gasteiger partial charge on any atom is -0.508 e. The summed E-state index contributed by atoms with van der Waals surface area (Å²) in [6.07, 6.45) is -6.20. The van der Waals surface area contributed by atoms with Crippen LogP contribution in [0.5, 0.6) is 5.75 Å². The van der Waals surface area contributed by atoms with Crippen molar-refractivity contribution >= 4 is 0 Å². The molecule has 3 rings (SSSR count). The first-order valence-corrected chi connectivity index (χ1v) is 8.66. The summed E-state index contributed by atoms with van der Waals surface area (Å²) in [6, 6.07) is 12.7. The van der Waals surface area contributed by atoms with Crippen LogP contribution in [-0.4, -0.2) is 61.7 Å². The standard InChI is InChI=1S/C20H21NO7/c21-9-12-3-4-14(8-13(12)7-11-1-5-15(23)6-2-11)20(27)19(26)18(25)17(24)16(10-22)28-20/h1-6,8,16-19,22-27H,7,10H2/t16-,17-,18+,19-,20+/m1/s1. The van der Waals surface area contributed by atoms with Gasteiger partial charge in [-0.3, -0.25) is 0 Å². The predicted octanol–water partition coefficient (Wildman–Crippen LogP) is -0.526. The smallest absolute Gasteiger partial charge is 0.222 e. The third kappa shape index (κ3) is 3.59. The number of rotatable bonds is 4. The molecular weight excluding hydrogens is 366 g/mol. The zero-order valence-electron chi connectivity index (χ0n) is 14.8. The van der Waals surface area contributed by atoms with Crippen molar-refractivity contribution in [3.8, 4) is 11.8 Å². The molecule has 2 aromatic rings. The highest BCUT2D eigenvalue weighted by molar-refractivity contribution is 5.45. The maximum atomic E-state index is 10.9. The van der Waals surface area contributed by atoms with Gasteiger partial charge in [0.1, 0.15) is 30.2 Å². The van der Waals surface area contributed by atoms with Crippen LogP contribution in [0.1, 0.15) is 22.3 Å². The number of ether oxygens (including phenoxy) is 1. The molecule has 0 aliphatic carbocycles. The van der Waals surface area contributed by atoms with E-state index in [0.29, 0.717) is 17.5 Å². The molecule has 1 heterocycles. The van der Waals surface area contributed by atoms with Crippen molar-refractivity contribution in [1.29, 1.82) is 5.26 Å². The van der Waals surface area contributed by atoms with Crippen LogP contribution in [0.2, 0.25) is 0 Å². The Morgan fingerprint density at radius 2 is 1.71 bits per heavy atom. The fourth-order valence-corrected chi connectivity index (χ4v) is 3.30. The second-order valence-corrected chi connectivity index (χ2v) is 6.79. The van der Waals surface area contributed by atoms with E-state index in [1.807, 2.05) is 0 Å². The summed E-state index contributed by atoms with van der Waals surface area (Å²) in [5, 5.41) is 69.3. The number of nitriles is 1. The third-order valence-corrected chi connectivity index (χ3v) is 4.94. The van der Waals surface area contributed by atoms with E-state index in [1.54, 1.807) is 12.1 Å². The third-order valence-electron chi connectivity index (χ3n) is 4.94. The van der Waals surface area contributed by atoms with Gasteiger partial charge >= 0.3 is 0 Å². The van der Waals surface area contributed by atoms with Crippen LogP contribution in [-0.2, 0) is 16.9 Å². The molecule has 2 aromatic carbocycles. The summed E-state index contributed by atoms with van der Waals surface area (Å²) < 4.78 is 5.33.